The molecule has 3 heteroatoms. The van der Waals surface area contributed by atoms with Crippen molar-refractivity contribution in [2.45, 2.75) is 6.54 Å². The number of anilines is 1. The molecular weight excluding hydrogens is 210 g/mol. The molecule has 0 bridgehead atoms. The van der Waals surface area contributed by atoms with Crippen molar-refractivity contribution < 1.29 is 0 Å². The zero-order valence-corrected chi connectivity index (χ0v) is 9.35. The molecule has 0 radical (unpaired) electrons. The number of hydrogen-bond donors (Lipinski definition) is 2. The number of fused-ring (bicyclic) bond motifs is 1. The number of aromatic nitrogens is 2. The molecule has 0 saturated heterocycles. The van der Waals surface area contributed by atoms with Gasteiger partial charge in [0, 0.05) is 30.5 Å². The van der Waals surface area contributed by atoms with Crippen molar-refractivity contribution in [3.63, 3.8) is 0 Å². The van der Waals surface area contributed by atoms with Gasteiger partial charge in [-0.3, -0.25) is 4.98 Å². The van der Waals surface area contributed by atoms with E-state index in [2.05, 4.69) is 39.6 Å². The highest BCUT2D eigenvalue weighted by molar-refractivity contribution is 5.90. The van der Waals surface area contributed by atoms with Gasteiger partial charge in [-0.2, -0.15) is 0 Å². The lowest BCUT2D eigenvalue weighted by molar-refractivity contribution is 1.15. The molecule has 84 valence electrons. The van der Waals surface area contributed by atoms with Gasteiger partial charge < -0.3 is 10.3 Å². The van der Waals surface area contributed by atoms with Crippen LogP contribution in [0.3, 0.4) is 0 Å². The van der Waals surface area contributed by atoms with Crippen LogP contribution in [-0.2, 0) is 6.54 Å². The van der Waals surface area contributed by atoms with Gasteiger partial charge in [0.2, 0.25) is 0 Å². The highest BCUT2D eigenvalue weighted by atomic mass is 14.9. The Morgan fingerprint density at radius 1 is 1.12 bits per heavy atom. The summed E-state index contributed by atoms with van der Waals surface area (Å²) < 4.78 is 0. The van der Waals surface area contributed by atoms with Gasteiger partial charge in [0.25, 0.3) is 0 Å². The minimum atomic E-state index is 0.805. The summed E-state index contributed by atoms with van der Waals surface area (Å²) in [4.78, 5) is 7.46. The fourth-order valence-corrected chi connectivity index (χ4v) is 1.91. The Morgan fingerprint density at radius 3 is 2.94 bits per heavy atom. The second-order valence-electron chi connectivity index (χ2n) is 3.95. The Kier molecular flexibility index (Phi) is 2.50. The second-order valence-corrected chi connectivity index (χ2v) is 3.95. The van der Waals surface area contributed by atoms with Crippen LogP contribution in [0.2, 0.25) is 0 Å². The van der Waals surface area contributed by atoms with Gasteiger partial charge in [-0.05, 0) is 23.8 Å². The Hall–Kier alpha value is -2.29. The van der Waals surface area contributed by atoms with E-state index in [9.17, 15) is 0 Å². The number of aromatic amines is 1. The molecule has 0 aliphatic rings. The van der Waals surface area contributed by atoms with Crippen LogP contribution in [0.25, 0.3) is 10.9 Å². The van der Waals surface area contributed by atoms with Crippen LogP contribution in [0.5, 0.6) is 0 Å². The molecule has 0 aliphatic heterocycles. The Bertz CT molecular complexity index is 609. The van der Waals surface area contributed by atoms with Crippen molar-refractivity contribution in [1.29, 1.82) is 0 Å². The first kappa shape index (κ1) is 9.90. The van der Waals surface area contributed by atoms with Gasteiger partial charge >= 0.3 is 0 Å². The number of pyridine rings is 1. The number of H-pyrrole nitrogens is 1. The van der Waals surface area contributed by atoms with E-state index in [4.69, 9.17) is 0 Å². The number of para-hydroxylation sites is 1. The zero-order valence-electron chi connectivity index (χ0n) is 9.35. The molecule has 2 aromatic heterocycles. The standard InChI is InChI=1S/C14H13N3/c1-3-12-4-2-7-16-14(12)13(5-1)17-10-11-6-8-15-9-11/h1-9,15,17H,10H2. The van der Waals surface area contributed by atoms with Gasteiger partial charge in [-0.25, -0.2) is 0 Å². The lowest BCUT2D eigenvalue weighted by Crippen LogP contribution is -1.99. The van der Waals surface area contributed by atoms with Crippen LogP contribution in [0.1, 0.15) is 5.56 Å². The van der Waals surface area contributed by atoms with Crippen LogP contribution < -0.4 is 5.32 Å². The van der Waals surface area contributed by atoms with E-state index in [1.165, 1.54) is 5.56 Å². The van der Waals surface area contributed by atoms with Gasteiger partial charge in [0.15, 0.2) is 0 Å². The molecule has 3 nitrogen and oxygen atoms in total. The monoisotopic (exact) mass is 223 g/mol. The summed E-state index contributed by atoms with van der Waals surface area (Å²) in [6.07, 6.45) is 5.74. The molecule has 0 unspecified atom stereocenters. The summed E-state index contributed by atoms with van der Waals surface area (Å²) in [5.74, 6) is 0. The average molecular weight is 223 g/mol. The molecule has 0 atom stereocenters. The summed E-state index contributed by atoms with van der Waals surface area (Å²) in [6.45, 7) is 0.805. The molecule has 0 amide bonds. The van der Waals surface area contributed by atoms with Crippen molar-refractivity contribution in [3.8, 4) is 0 Å². The molecule has 0 fully saturated rings. The first-order chi connectivity index (χ1) is 8.43. The van der Waals surface area contributed by atoms with E-state index < -0.39 is 0 Å². The van der Waals surface area contributed by atoms with Crippen LogP contribution in [0, 0.1) is 0 Å². The van der Waals surface area contributed by atoms with Crippen LogP contribution in [0.15, 0.2) is 55.0 Å². The van der Waals surface area contributed by atoms with E-state index >= 15 is 0 Å². The third-order valence-electron chi connectivity index (χ3n) is 2.78. The molecule has 3 rings (SSSR count). The number of hydrogen-bond acceptors (Lipinski definition) is 2. The molecule has 0 aliphatic carbocycles. The van der Waals surface area contributed by atoms with Crippen molar-refractivity contribution in [2.24, 2.45) is 0 Å². The fraction of sp³-hybridized carbons (Fsp3) is 0.0714. The van der Waals surface area contributed by atoms with Gasteiger partial charge in [-0.1, -0.05) is 18.2 Å². The Labute approximate surface area is 99.5 Å². The maximum Gasteiger partial charge on any atom is 0.0933 e. The van der Waals surface area contributed by atoms with E-state index in [0.29, 0.717) is 0 Å². The predicted molar refractivity (Wildman–Crippen MR) is 69.9 cm³/mol. The minimum Gasteiger partial charge on any atom is -0.379 e. The highest BCUT2D eigenvalue weighted by Crippen LogP contribution is 2.21. The second kappa shape index (κ2) is 4.29. The number of rotatable bonds is 3. The molecule has 2 N–H and O–H groups in total. The molecule has 3 aromatic rings. The molecule has 0 spiro atoms. The lowest BCUT2D eigenvalue weighted by atomic mass is 10.2. The van der Waals surface area contributed by atoms with Gasteiger partial charge in [0.1, 0.15) is 0 Å². The summed E-state index contributed by atoms with van der Waals surface area (Å²) in [5.41, 5.74) is 3.33. The minimum absolute atomic E-state index is 0.805. The maximum atomic E-state index is 4.41. The van der Waals surface area contributed by atoms with Crippen molar-refractivity contribution in [1.82, 2.24) is 9.97 Å². The largest absolute Gasteiger partial charge is 0.379 e. The highest BCUT2D eigenvalue weighted by Gasteiger charge is 2.00. The topological polar surface area (TPSA) is 40.7 Å². The first-order valence-corrected chi connectivity index (χ1v) is 5.63. The van der Waals surface area contributed by atoms with Crippen molar-refractivity contribution in [2.75, 3.05) is 5.32 Å². The summed E-state index contributed by atoms with van der Waals surface area (Å²) >= 11 is 0. The lowest BCUT2D eigenvalue weighted by Gasteiger charge is -2.07. The molecule has 0 saturated carbocycles. The van der Waals surface area contributed by atoms with Crippen LogP contribution in [0.4, 0.5) is 5.69 Å². The normalized spacial score (nSPS) is 10.6. The Morgan fingerprint density at radius 2 is 2.06 bits per heavy atom. The van der Waals surface area contributed by atoms with Crippen molar-refractivity contribution in [3.05, 3.63) is 60.6 Å². The SMILES string of the molecule is c1cnc2c(NCc3cc[nH]c3)cccc2c1. The summed E-state index contributed by atoms with van der Waals surface area (Å²) in [7, 11) is 0. The molecule has 1 aromatic carbocycles. The van der Waals surface area contributed by atoms with Gasteiger partial charge in [-0.15, -0.1) is 0 Å². The molecular formula is C14H13N3. The third-order valence-corrected chi connectivity index (χ3v) is 2.78. The third kappa shape index (κ3) is 1.99. The van der Waals surface area contributed by atoms with E-state index in [-0.39, 0.29) is 0 Å². The number of nitrogens with zero attached hydrogens (tertiary/aromatic N) is 1. The molecule has 17 heavy (non-hydrogen) atoms. The summed E-state index contributed by atoms with van der Waals surface area (Å²) in [6, 6.07) is 12.3. The van der Waals surface area contributed by atoms with E-state index in [1.807, 2.05) is 30.7 Å². The quantitative estimate of drug-likeness (QED) is 0.716. The summed E-state index contributed by atoms with van der Waals surface area (Å²) in [5, 5.41) is 4.57. The first-order valence-electron chi connectivity index (χ1n) is 5.63. The van der Waals surface area contributed by atoms with Crippen LogP contribution in [-0.4, -0.2) is 9.97 Å². The fourth-order valence-electron chi connectivity index (χ4n) is 1.91. The average Bonchev–Trinajstić information content (AvgIpc) is 2.89. The van der Waals surface area contributed by atoms with E-state index in [0.717, 1.165) is 23.1 Å². The van der Waals surface area contributed by atoms with E-state index in [1.54, 1.807) is 0 Å². The predicted octanol–water partition coefficient (Wildman–Crippen LogP) is 3.18. The van der Waals surface area contributed by atoms with Gasteiger partial charge in [0.05, 0.1) is 11.2 Å². The van der Waals surface area contributed by atoms with Crippen molar-refractivity contribution >= 4 is 16.6 Å². The smallest absolute Gasteiger partial charge is 0.0933 e. The maximum absolute atomic E-state index is 4.41. The molecule has 2 heterocycles. The Balaban J connectivity index is 1.90. The van der Waals surface area contributed by atoms with Crippen LogP contribution >= 0.6 is 0 Å². The zero-order chi connectivity index (χ0) is 11.5. The number of nitrogens with one attached hydrogen (secondary N) is 2. The number of benzene rings is 1.